The van der Waals surface area contributed by atoms with Gasteiger partial charge in [0.1, 0.15) is 0 Å². The maximum atomic E-state index is 7.17. The molecule has 0 saturated carbocycles. The quantitative estimate of drug-likeness (QED) is 0.0343. The van der Waals surface area contributed by atoms with Crippen LogP contribution in [0.4, 0.5) is 17.1 Å². The second kappa shape index (κ2) is 21.4. The normalized spacial score (nSPS) is 14.2. The van der Waals surface area contributed by atoms with Crippen LogP contribution in [0.5, 0.6) is 0 Å². The van der Waals surface area contributed by atoms with Gasteiger partial charge in [-0.25, -0.2) is 0 Å². The minimum atomic E-state index is -2.17. The van der Waals surface area contributed by atoms with Crippen molar-refractivity contribution < 1.29 is 15.1 Å². The molecular formula is C63H58BN5O3. The molecule has 0 bridgehead atoms. The molecule has 0 amide bonds. The molecular weight excluding hydrogens is 886 g/mol. The molecule has 1 atom stereocenters. The molecule has 2 aliphatic rings. The van der Waals surface area contributed by atoms with Gasteiger partial charge < -0.3 is 37.2 Å². The van der Waals surface area contributed by atoms with E-state index in [1.165, 1.54) is 103 Å². The zero-order valence-corrected chi connectivity index (χ0v) is 40.1. The smallest absolute Gasteiger partial charge is 0.402 e. The monoisotopic (exact) mass is 943 g/mol. The summed E-state index contributed by atoms with van der Waals surface area (Å²) < 4.78 is 0. The van der Waals surface area contributed by atoms with Crippen LogP contribution in [0, 0.1) is 0 Å². The van der Waals surface area contributed by atoms with Crippen LogP contribution >= 0.6 is 0 Å². The predicted octanol–water partition coefficient (Wildman–Crippen LogP) is 13.4. The molecule has 2 aliphatic heterocycles. The maximum absolute atomic E-state index is 7.17. The lowest BCUT2D eigenvalue weighted by atomic mass is 9.97. The van der Waals surface area contributed by atoms with Gasteiger partial charge in [0.15, 0.2) is 0 Å². The van der Waals surface area contributed by atoms with Crippen molar-refractivity contribution in [1.82, 2.24) is 10.2 Å². The number of nitrogens with one attached hydrogen (secondary N) is 1. The van der Waals surface area contributed by atoms with E-state index in [1.807, 2.05) is 18.2 Å². The summed E-state index contributed by atoms with van der Waals surface area (Å²) in [5, 5.41) is 46.7. The first kappa shape index (κ1) is 47.5. The molecule has 1 unspecified atom stereocenters. The highest BCUT2D eigenvalue weighted by atomic mass is 16.5. The van der Waals surface area contributed by atoms with Gasteiger partial charge in [0.05, 0.1) is 6.17 Å². The molecule has 10 N–H and O–H groups in total. The van der Waals surface area contributed by atoms with Gasteiger partial charge >= 0.3 is 7.32 Å². The topological polar surface area (TPSA) is 154 Å². The highest BCUT2D eigenvalue weighted by Crippen LogP contribution is 2.37. The summed E-state index contributed by atoms with van der Waals surface area (Å²) in [6.07, 6.45) is 10.4. The summed E-state index contributed by atoms with van der Waals surface area (Å²) in [7, 11) is -2.17. The number of fused-ring (bicyclic) bond motifs is 13. The van der Waals surface area contributed by atoms with Gasteiger partial charge in [-0.1, -0.05) is 188 Å². The van der Waals surface area contributed by atoms with Crippen LogP contribution in [-0.4, -0.2) is 46.5 Å². The van der Waals surface area contributed by atoms with Crippen LogP contribution in [-0.2, 0) is 0 Å². The largest absolute Gasteiger partial charge is 0.631 e. The van der Waals surface area contributed by atoms with Crippen LogP contribution in [0.2, 0.25) is 0 Å². The fraction of sp³-hybridized carbons (Fsp3) is 0.111. The molecule has 0 radical (unpaired) electrons. The Labute approximate surface area is 419 Å². The second-order valence-corrected chi connectivity index (χ2v) is 18.4. The Bertz CT molecular complexity index is 3560. The van der Waals surface area contributed by atoms with Gasteiger partial charge in [-0.3, -0.25) is 5.32 Å². The highest BCUT2D eigenvalue weighted by Gasteiger charge is 2.19. The number of anilines is 3. The predicted molar refractivity (Wildman–Crippen MR) is 309 cm³/mol. The third-order valence-corrected chi connectivity index (χ3v) is 14.0. The molecule has 0 aliphatic carbocycles. The van der Waals surface area contributed by atoms with Gasteiger partial charge in [0.2, 0.25) is 0 Å². The van der Waals surface area contributed by atoms with Crippen molar-refractivity contribution in [2.75, 3.05) is 30.3 Å². The van der Waals surface area contributed by atoms with Crippen LogP contribution in [0.1, 0.15) is 25.7 Å². The van der Waals surface area contributed by atoms with Crippen molar-refractivity contribution in [3.05, 3.63) is 212 Å². The molecule has 1 saturated heterocycles. The number of hydrogen-bond donors (Lipinski definition) is 7. The van der Waals surface area contributed by atoms with Crippen LogP contribution in [0.15, 0.2) is 212 Å². The summed E-state index contributed by atoms with van der Waals surface area (Å²) >= 11 is 0. The molecule has 9 heteroatoms. The van der Waals surface area contributed by atoms with E-state index < -0.39 is 7.32 Å². The maximum Gasteiger partial charge on any atom is 0.631 e. The van der Waals surface area contributed by atoms with Crippen molar-refractivity contribution in [2.24, 2.45) is 0 Å². The van der Waals surface area contributed by atoms with Crippen LogP contribution < -0.4 is 22.5 Å². The summed E-state index contributed by atoms with van der Waals surface area (Å²) in [4.78, 5) is 2.44. The number of nitrogens with two attached hydrogens (primary N) is 3. The zero-order valence-electron chi connectivity index (χ0n) is 40.1. The van der Waals surface area contributed by atoms with E-state index in [-0.39, 0.29) is 0 Å². The van der Waals surface area contributed by atoms with Crippen molar-refractivity contribution in [3.63, 3.8) is 0 Å². The van der Waals surface area contributed by atoms with Crippen molar-refractivity contribution in [3.8, 4) is 0 Å². The molecule has 356 valence electrons. The average Bonchev–Trinajstić information content (AvgIpc) is 3.67. The third kappa shape index (κ3) is 9.92. The molecule has 12 aromatic carbocycles. The number of nitrogens with zero attached hydrogens (tertiary/aromatic N) is 1. The van der Waals surface area contributed by atoms with E-state index in [4.69, 9.17) is 32.3 Å². The fourth-order valence-electron chi connectivity index (χ4n) is 10.5. The molecule has 72 heavy (non-hydrogen) atoms. The molecule has 12 aromatic rings. The van der Waals surface area contributed by atoms with Crippen molar-refractivity contribution >= 4 is 121 Å². The van der Waals surface area contributed by atoms with Crippen molar-refractivity contribution in [2.45, 2.75) is 31.8 Å². The molecule has 8 nitrogen and oxygen atoms in total. The SMILES string of the molecule is C1=CN2CCCNC2CCC1.Nc1c2ccccc2cc2c1ccc1ccccc12.Nc1c2ccccc2cc2c1ccc1ccccc12.Nc1c2ccccc2cc2c1ccc1ccccc12.OB(O)O. The van der Waals surface area contributed by atoms with E-state index in [2.05, 4.69) is 204 Å². The van der Waals surface area contributed by atoms with Gasteiger partial charge in [0.25, 0.3) is 0 Å². The third-order valence-electron chi connectivity index (χ3n) is 14.0. The Morgan fingerprint density at radius 3 is 1.10 bits per heavy atom. The first-order valence-electron chi connectivity index (χ1n) is 24.7. The average molecular weight is 944 g/mol. The number of allylic oxidation sites excluding steroid dienone is 1. The lowest BCUT2D eigenvalue weighted by Crippen LogP contribution is -2.48. The van der Waals surface area contributed by atoms with E-state index in [9.17, 15) is 0 Å². The highest BCUT2D eigenvalue weighted by molar-refractivity contribution is 6.30. The fourth-order valence-corrected chi connectivity index (χ4v) is 10.5. The summed E-state index contributed by atoms with van der Waals surface area (Å²) in [6.45, 7) is 2.45. The minimum Gasteiger partial charge on any atom is -0.402 e. The Balaban J connectivity index is 0.000000109. The Morgan fingerprint density at radius 2 is 0.722 bits per heavy atom. The first-order valence-corrected chi connectivity index (χ1v) is 24.7. The Morgan fingerprint density at radius 1 is 0.389 bits per heavy atom. The lowest BCUT2D eigenvalue weighted by Gasteiger charge is -2.34. The van der Waals surface area contributed by atoms with Crippen LogP contribution in [0.25, 0.3) is 97.0 Å². The van der Waals surface area contributed by atoms with Crippen LogP contribution in [0.3, 0.4) is 0 Å². The standard InChI is InChI=1S/3C18H13N.C9H16N2.BH3O3/c3*19-18-15-8-4-2-6-13(15)11-17-14-7-3-1-5-12(14)9-10-16(17)18;1-2-5-9-10-6-4-8-11(9)7-3-1;2-1(3)4/h3*1-11H,19H2;3,7,9-10H,1-2,4-6,8H2;2-4H. The lowest BCUT2D eigenvalue weighted by molar-refractivity contribution is 0.184. The number of nitrogen functional groups attached to an aromatic ring is 3. The number of hydrogen-bond acceptors (Lipinski definition) is 8. The molecule has 1 fully saturated rings. The first-order chi connectivity index (χ1) is 35.2. The van der Waals surface area contributed by atoms with E-state index in [0.29, 0.717) is 6.17 Å². The van der Waals surface area contributed by atoms with Crippen molar-refractivity contribution in [1.29, 1.82) is 0 Å². The zero-order chi connectivity index (χ0) is 49.6. The minimum absolute atomic E-state index is 0.641. The summed E-state index contributed by atoms with van der Waals surface area (Å²) in [6, 6.07) is 69.7. The van der Waals surface area contributed by atoms with E-state index in [1.54, 1.807) is 0 Å². The molecule has 2 heterocycles. The van der Waals surface area contributed by atoms with Gasteiger partial charge in [-0.15, -0.1) is 0 Å². The van der Waals surface area contributed by atoms with E-state index >= 15 is 0 Å². The second-order valence-electron chi connectivity index (χ2n) is 18.4. The van der Waals surface area contributed by atoms with E-state index in [0.717, 1.165) is 49.4 Å². The summed E-state index contributed by atoms with van der Waals surface area (Å²) in [5.74, 6) is 0. The Kier molecular flexibility index (Phi) is 14.1. The summed E-state index contributed by atoms with van der Waals surface area (Å²) in [5.41, 5.74) is 21.7. The Hall–Kier alpha value is -8.18. The number of rotatable bonds is 0. The molecule has 14 rings (SSSR count). The molecule has 0 aromatic heterocycles. The number of benzene rings is 12. The molecule has 0 spiro atoms. The van der Waals surface area contributed by atoms with Gasteiger partial charge in [-0.05, 0) is 121 Å². The van der Waals surface area contributed by atoms with Gasteiger partial charge in [0, 0.05) is 55.9 Å². The van der Waals surface area contributed by atoms with Gasteiger partial charge in [-0.2, -0.15) is 0 Å².